The second-order valence-corrected chi connectivity index (χ2v) is 11.2. The first-order chi connectivity index (χ1) is 15.1. The number of nitrogens with one attached hydrogen (secondary N) is 1. The highest BCUT2D eigenvalue weighted by atomic mass is 32.2. The number of carbonyl (C=O) groups excluding carboxylic acids is 2. The van der Waals surface area contributed by atoms with Crippen LogP contribution in [0.3, 0.4) is 0 Å². The van der Waals surface area contributed by atoms with E-state index in [1.165, 1.54) is 25.3 Å². The Morgan fingerprint density at radius 3 is 2.38 bits per heavy atom. The minimum Gasteiger partial charge on any atom is -0.381 e. The van der Waals surface area contributed by atoms with E-state index in [1.54, 1.807) is 23.1 Å². The predicted octanol–water partition coefficient (Wildman–Crippen LogP) is 3.51. The Kier molecular flexibility index (Phi) is 5.63. The Hall–Kier alpha value is -2.71. The standard InChI is InChI=1S/C24H29N3O4S/c1-16(28)27-22-12-11-19(18-9-6-10-20(13-18)32(30,31)26(3)4)14-21(22)25-15-24(27,2)23(29)17-7-5-8-17/h6,9-14,17,25H,5,7-8,15H2,1-4H3/t24-/m0/s1. The van der Waals surface area contributed by atoms with Crippen molar-refractivity contribution in [3.8, 4) is 11.1 Å². The van der Waals surface area contributed by atoms with Crippen molar-refractivity contribution in [3.63, 3.8) is 0 Å². The molecule has 8 heteroatoms. The molecular formula is C24H29N3O4S. The van der Waals surface area contributed by atoms with E-state index in [0.29, 0.717) is 12.2 Å². The first-order valence-corrected chi connectivity index (χ1v) is 12.3. The number of amides is 1. The zero-order chi connectivity index (χ0) is 23.3. The molecule has 0 saturated heterocycles. The molecule has 1 aliphatic heterocycles. The average molecular weight is 456 g/mol. The summed E-state index contributed by atoms with van der Waals surface area (Å²) in [5.41, 5.74) is 2.07. The van der Waals surface area contributed by atoms with Gasteiger partial charge in [-0.3, -0.25) is 14.5 Å². The number of nitrogens with zero attached hydrogens (tertiary/aromatic N) is 2. The van der Waals surface area contributed by atoms with Gasteiger partial charge < -0.3 is 5.32 Å². The van der Waals surface area contributed by atoms with Crippen LogP contribution in [0.1, 0.15) is 33.1 Å². The van der Waals surface area contributed by atoms with E-state index in [4.69, 9.17) is 0 Å². The Labute approximate surface area is 189 Å². The molecule has 2 aliphatic rings. The van der Waals surface area contributed by atoms with Gasteiger partial charge in [0.05, 0.1) is 16.3 Å². The molecule has 4 rings (SSSR count). The highest BCUT2D eigenvalue weighted by Gasteiger charge is 2.48. The summed E-state index contributed by atoms with van der Waals surface area (Å²) in [6.45, 7) is 3.67. The van der Waals surface area contributed by atoms with Gasteiger partial charge in [-0.2, -0.15) is 0 Å². The quantitative estimate of drug-likeness (QED) is 0.746. The fourth-order valence-electron chi connectivity index (χ4n) is 4.54. The van der Waals surface area contributed by atoms with E-state index in [-0.39, 0.29) is 22.5 Å². The van der Waals surface area contributed by atoms with Gasteiger partial charge in [-0.1, -0.05) is 24.6 Å². The smallest absolute Gasteiger partial charge is 0.242 e. The predicted molar refractivity (Wildman–Crippen MR) is 125 cm³/mol. The lowest BCUT2D eigenvalue weighted by Gasteiger charge is -2.47. The van der Waals surface area contributed by atoms with Crippen molar-refractivity contribution in [2.24, 2.45) is 5.92 Å². The molecule has 0 aromatic heterocycles. The molecule has 1 atom stereocenters. The van der Waals surface area contributed by atoms with Crippen LogP contribution < -0.4 is 10.2 Å². The molecular weight excluding hydrogens is 426 g/mol. The van der Waals surface area contributed by atoms with Crippen LogP contribution in [0.25, 0.3) is 11.1 Å². The summed E-state index contributed by atoms with van der Waals surface area (Å²) in [6.07, 6.45) is 2.83. The first kappa shape index (κ1) is 22.5. The molecule has 1 amide bonds. The number of anilines is 2. The van der Waals surface area contributed by atoms with Gasteiger partial charge in [0.2, 0.25) is 15.9 Å². The summed E-state index contributed by atoms with van der Waals surface area (Å²) in [6, 6.07) is 12.4. The van der Waals surface area contributed by atoms with E-state index >= 15 is 0 Å². The van der Waals surface area contributed by atoms with Crippen molar-refractivity contribution in [2.45, 2.75) is 43.5 Å². The summed E-state index contributed by atoms with van der Waals surface area (Å²) < 4.78 is 26.2. The third kappa shape index (κ3) is 3.61. The Morgan fingerprint density at radius 2 is 1.78 bits per heavy atom. The van der Waals surface area contributed by atoms with Crippen molar-refractivity contribution in [1.82, 2.24) is 4.31 Å². The summed E-state index contributed by atoms with van der Waals surface area (Å²) in [5, 5.41) is 3.35. The van der Waals surface area contributed by atoms with Crippen LogP contribution in [0, 0.1) is 5.92 Å². The molecule has 0 bridgehead atoms. The number of rotatable bonds is 5. The van der Waals surface area contributed by atoms with Crippen LogP contribution in [-0.2, 0) is 19.6 Å². The fraction of sp³-hybridized carbons (Fsp3) is 0.417. The minimum absolute atomic E-state index is 0.0193. The van der Waals surface area contributed by atoms with E-state index in [1.807, 2.05) is 31.2 Å². The molecule has 1 N–H and O–H groups in total. The van der Waals surface area contributed by atoms with Crippen molar-refractivity contribution in [3.05, 3.63) is 42.5 Å². The zero-order valence-corrected chi connectivity index (χ0v) is 19.7. The van der Waals surface area contributed by atoms with Gasteiger partial charge in [0.1, 0.15) is 5.54 Å². The number of sulfonamides is 1. The van der Waals surface area contributed by atoms with E-state index in [9.17, 15) is 18.0 Å². The van der Waals surface area contributed by atoms with Gasteiger partial charge in [-0.25, -0.2) is 12.7 Å². The maximum atomic E-state index is 13.2. The molecule has 32 heavy (non-hydrogen) atoms. The van der Waals surface area contributed by atoms with Crippen molar-refractivity contribution in [1.29, 1.82) is 0 Å². The van der Waals surface area contributed by atoms with Crippen LogP contribution in [0.15, 0.2) is 47.4 Å². The van der Waals surface area contributed by atoms with Crippen LogP contribution in [0.5, 0.6) is 0 Å². The molecule has 1 heterocycles. The molecule has 2 aromatic carbocycles. The van der Waals surface area contributed by atoms with E-state index in [0.717, 1.165) is 36.1 Å². The Balaban J connectivity index is 1.73. The number of Topliss-reactive ketones (excluding diaryl/α,β-unsaturated/α-hetero) is 1. The minimum atomic E-state index is -3.55. The lowest BCUT2D eigenvalue weighted by molar-refractivity contribution is -0.132. The number of carbonyl (C=O) groups is 2. The maximum absolute atomic E-state index is 13.2. The largest absolute Gasteiger partial charge is 0.381 e. The van der Waals surface area contributed by atoms with Crippen molar-refractivity contribution < 1.29 is 18.0 Å². The van der Waals surface area contributed by atoms with Crippen molar-refractivity contribution in [2.75, 3.05) is 30.9 Å². The number of hydrogen-bond acceptors (Lipinski definition) is 5. The van der Waals surface area contributed by atoms with Gasteiger partial charge in [-0.15, -0.1) is 0 Å². The molecule has 0 radical (unpaired) electrons. The second kappa shape index (κ2) is 8.01. The average Bonchev–Trinajstić information content (AvgIpc) is 2.71. The first-order valence-electron chi connectivity index (χ1n) is 10.8. The van der Waals surface area contributed by atoms with Crippen LogP contribution in [0.2, 0.25) is 0 Å². The molecule has 1 saturated carbocycles. The molecule has 0 unspecified atom stereocenters. The molecule has 1 aliphatic carbocycles. The molecule has 170 valence electrons. The lowest BCUT2D eigenvalue weighted by Crippen LogP contribution is -2.63. The number of ketones is 1. The monoisotopic (exact) mass is 455 g/mol. The van der Waals surface area contributed by atoms with Crippen LogP contribution in [0.4, 0.5) is 11.4 Å². The third-order valence-electron chi connectivity index (χ3n) is 6.62. The molecule has 2 aromatic rings. The number of hydrogen-bond donors (Lipinski definition) is 1. The van der Waals surface area contributed by atoms with Gasteiger partial charge in [0, 0.05) is 33.5 Å². The second-order valence-electron chi connectivity index (χ2n) is 9.02. The van der Waals surface area contributed by atoms with Gasteiger partial charge in [0.25, 0.3) is 0 Å². The SMILES string of the molecule is CC(=O)N1c2ccc(-c3cccc(S(=O)(=O)N(C)C)c3)cc2NC[C@@]1(C)C(=O)C1CCC1. The van der Waals surface area contributed by atoms with Gasteiger partial charge in [0.15, 0.2) is 5.78 Å². The maximum Gasteiger partial charge on any atom is 0.242 e. The van der Waals surface area contributed by atoms with Gasteiger partial charge >= 0.3 is 0 Å². The summed E-state index contributed by atoms with van der Waals surface area (Å²) in [4.78, 5) is 27.7. The van der Waals surface area contributed by atoms with E-state index < -0.39 is 15.6 Å². The van der Waals surface area contributed by atoms with Crippen molar-refractivity contribution >= 4 is 33.1 Å². The molecule has 0 spiro atoms. The van der Waals surface area contributed by atoms with Crippen LogP contribution >= 0.6 is 0 Å². The Bertz CT molecular complexity index is 1190. The molecule has 7 nitrogen and oxygen atoms in total. The van der Waals surface area contributed by atoms with Crippen LogP contribution in [-0.4, -0.2) is 50.6 Å². The topological polar surface area (TPSA) is 86.8 Å². The number of benzene rings is 2. The normalized spacial score (nSPS) is 21.0. The Morgan fingerprint density at radius 1 is 1.09 bits per heavy atom. The highest BCUT2D eigenvalue weighted by molar-refractivity contribution is 7.89. The fourth-order valence-corrected chi connectivity index (χ4v) is 5.48. The zero-order valence-electron chi connectivity index (χ0n) is 18.9. The number of fused-ring (bicyclic) bond motifs is 1. The van der Waals surface area contributed by atoms with E-state index in [2.05, 4.69) is 5.32 Å². The summed E-state index contributed by atoms with van der Waals surface area (Å²) in [5.74, 6) is -0.0385. The highest BCUT2D eigenvalue weighted by Crippen LogP contribution is 2.42. The summed E-state index contributed by atoms with van der Waals surface area (Å²) in [7, 11) is -0.542. The van der Waals surface area contributed by atoms with Gasteiger partial charge in [-0.05, 0) is 55.2 Å². The lowest BCUT2D eigenvalue weighted by atomic mass is 9.73. The summed E-state index contributed by atoms with van der Waals surface area (Å²) >= 11 is 0. The molecule has 1 fully saturated rings. The third-order valence-corrected chi connectivity index (χ3v) is 8.43.